The lowest BCUT2D eigenvalue weighted by molar-refractivity contribution is 0.0943. The van der Waals surface area contributed by atoms with Crippen molar-refractivity contribution in [2.24, 2.45) is 7.05 Å². The van der Waals surface area contributed by atoms with Gasteiger partial charge in [-0.25, -0.2) is 9.37 Å². The van der Waals surface area contributed by atoms with Crippen LogP contribution < -0.4 is 10.1 Å². The summed E-state index contributed by atoms with van der Waals surface area (Å²) in [5.41, 5.74) is 1.13. The molecule has 1 amide bonds. The van der Waals surface area contributed by atoms with Crippen molar-refractivity contribution in [3.8, 4) is 11.6 Å². The number of hydrogen-bond acceptors (Lipinski definition) is 3. The fraction of sp³-hybridized carbons (Fsp3) is 0.111. The summed E-state index contributed by atoms with van der Waals surface area (Å²) < 4.78 is 20.1. The minimum absolute atomic E-state index is 0.270. The van der Waals surface area contributed by atoms with E-state index < -0.39 is 0 Å². The number of amides is 1. The van der Waals surface area contributed by atoms with Gasteiger partial charge >= 0.3 is 0 Å². The van der Waals surface area contributed by atoms with Gasteiger partial charge in [-0.2, -0.15) is 0 Å². The summed E-state index contributed by atoms with van der Waals surface area (Å²) in [7, 11) is 1.66. The molecule has 2 heterocycles. The lowest BCUT2D eigenvalue weighted by Gasteiger charge is -2.08. The van der Waals surface area contributed by atoms with E-state index in [1.54, 1.807) is 37.5 Å². The van der Waals surface area contributed by atoms with E-state index in [0.29, 0.717) is 27.5 Å². The highest BCUT2D eigenvalue weighted by Gasteiger charge is 2.15. The molecule has 134 valence electrons. The molecule has 3 rings (SSSR count). The zero-order chi connectivity index (χ0) is 18.7. The van der Waals surface area contributed by atoms with Crippen LogP contribution in [-0.4, -0.2) is 15.5 Å². The molecule has 0 unspecified atom stereocenters. The van der Waals surface area contributed by atoms with E-state index in [2.05, 4.69) is 10.3 Å². The van der Waals surface area contributed by atoms with E-state index in [9.17, 15) is 9.18 Å². The van der Waals surface area contributed by atoms with Gasteiger partial charge in [0.2, 0.25) is 5.88 Å². The Labute approximate surface area is 159 Å². The SMILES string of the molecule is Cn1c(C(=O)NCc2ccc(Oc3cccc(F)c3)nc2)cc(Cl)c1Cl. The van der Waals surface area contributed by atoms with Crippen LogP contribution in [0.4, 0.5) is 4.39 Å². The highest BCUT2D eigenvalue weighted by atomic mass is 35.5. The lowest BCUT2D eigenvalue weighted by Crippen LogP contribution is -2.24. The molecule has 8 heteroatoms. The van der Waals surface area contributed by atoms with Crippen molar-refractivity contribution in [3.63, 3.8) is 0 Å². The highest BCUT2D eigenvalue weighted by molar-refractivity contribution is 6.41. The largest absolute Gasteiger partial charge is 0.439 e. The summed E-state index contributed by atoms with van der Waals surface area (Å²) in [5.74, 6) is -0.00760. The first kappa shape index (κ1) is 18.2. The minimum atomic E-state index is -0.386. The quantitative estimate of drug-likeness (QED) is 0.689. The molecule has 0 aliphatic heterocycles. The molecule has 26 heavy (non-hydrogen) atoms. The van der Waals surface area contributed by atoms with Crippen molar-refractivity contribution in [2.75, 3.05) is 0 Å². The van der Waals surface area contributed by atoms with E-state index in [1.807, 2.05) is 0 Å². The molecule has 1 aromatic carbocycles. The molecule has 0 aliphatic rings. The second kappa shape index (κ2) is 7.76. The minimum Gasteiger partial charge on any atom is -0.439 e. The van der Waals surface area contributed by atoms with E-state index in [0.717, 1.165) is 5.56 Å². The molecule has 0 aliphatic carbocycles. The Kier molecular flexibility index (Phi) is 5.44. The number of nitrogens with one attached hydrogen (secondary N) is 1. The van der Waals surface area contributed by atoms with Crippen molar-refractivity contribution < 1.29 is 13.9 Å². The molecule has 0 saturated heterocycles. The van der Waals surface area contributed by atoms with Crippen LogP contribution in [0.2, 0.25) is 10.2 Å². The Morgan fingerprint density at radius 2 is 2.08 bits per heavy atom. The zero-order valence-electron chi connectivity index (χ0n) is 13.7. The Balaban J connectivity index is 1.60. The number of halogens is 3. The molecular weight excluding hydrogens is 380 g/mol. The maximum atomic E-state index is 13.1. The number of benzene rings is 1. The topological polar surface area (TPSA) is 56.2 Å². The first-order chi connectivity index (χ1) is 12.4. The lowest BCUT2D eigenvalue weighted by atomic mass is 10.2. The predicted octanol–water partition coefficient (Wildman–Crippen LogP) is 4.59. The van der Waals surface area contributed by atoms with Gasteiger partial charge in [-0.05, 0) is 23.8 Å². The first-order valence-corrected chi connectivity index (χ1v) is 8.37. The van der Waals surface area contributed by atoms with Crippen LogP contribution in [0.5, 0.6) is 11.6 Å². The van der Waals surface area contributed by atoms with Gasteiger partial charge in [0.25, 0.3) is 5.91 Å². The van der Waals surface area contributed by atoms with Crippen molar-refractivity contribution in [1.82, 2.24) is 14.9 Å². The molecular formula is C18H14Cl2FN3O2. The third-order valence-corrected chi connectivity index (χ3v) is 4.46. The molecule has 0 fully saturated rings. The van der Waals surface area contributed by atoms with Crippen LogP contribution in [-0.2, 0) is 13.6 Å². The average Bonchev–Trinajstić information content (AvgIpc) is 2.88. The van der Waals surface area contributed by atoms with Gasteiger partial charge in [-0.3, -0.25) is 4.79 Å². The monoisotopic (exact) mass is 393 g/mol. The maximum absolute atomic E-state index is 13.1. The fourth-order valence-electron chi connectivity index (χ4n) is 2.26. The number of rotatable bonds is 5. The number of pyridine rings is 1. The zero-order valence-corrected chi connectivity index (χ0v) is 15.2. The second-order valence-electron chi connectivity index (χ2n) is 5.47. The van der Waals surface area contributed by atoms with Crippen LogP contribution in [0.3, 0.4) is 0 Å². The van der Waals surface area contributed by atoms with Crippen LogP contribution in [0.1, 0.15) is 16.1 Å². The third kappa shape index (κ3) is 4.15. The Hall–Kier alpha value is -2.57. The number of nitrogens with zero attached hydrogens (tertiary/aromatic N) is 2. The Bertz CT molecular complexity index is 942. The van der Waals surface area contributed by atoms with Gasteiger partial charge in [0.1, 0.15) is 22.4 Å². The number of carbonyl (C=O) groups excluding carboxylic acids is 1. The van der Waals surface area contributed by atoms with E-state index in [1.165, 1.54) is 22.8 Å². The van der Waals surface area contributed by atoms with Gasteiger partial charge in [0, 0.05) is 31.9 Å². The molecule has 0 atom stereocenters. The predicted molar refractivity (Wildman–Crippen MR) is 97.3 cm³/mol. The van der Waals surface area contributed by atoms with Crippen LogP contribution in [0, 0.1) is 5.82 Å². The van der Waals surface area contributed by atoms with Gasteiger partial charge in [0.05, 0.1) is 5.02 Å². The summed E-state index contributed by atoms with van der Waals surface area (Å²) in [6.45, 7) is 0.270. The normalized spacial score (nSPS) is 10.6. The second-order valence-corrected chi connectivity index (χ2v) is 6.24. The molecule has 0 spiro atoms. The number of aromatic nitrogens is 2. The van der Waals surface area contributed by atoms with Crippen LogP contribution in [0.25, 0.3) is 0 Å². The van der Waals surface area contributed by atoms with E-state index >= 15 is 0 Å². The van der Waals surface area contributed by atoms with Crippen molar-refractivity contribution in [2.45, 2.75) is 6.54 Å². The fourth-order valence-corrected chi connectivity index (χ4v) is 2.64. The molecule has 0 bridgehead atoms. The molecule has 1 N–H and O–H groups in total. The van der Waals surface area contributed by atoms with Crippen LogP contribution >= 0.6 is 23.2 Å². The summed E-state index contributed by atoms with van der Waals surface area (Å²) in [6, 6.07) is 10.7. The van der Waals surface area contributed by atoms with Gasteiger partial charge in [-0.1, -0.05) is 35.3 Å². The van der Waals surface area contributed by atoms with Crippen molar-refractivity contribution >= 4 is 29.1 Å². The van der Waals surface area contributed by atoms with Gasteiger partial charge in [0.15, 0.2) is 0 Å². The standard InChI is InChI=1S/C18H14Cl2FN3O2/c1-24-15(8-14(19)17(24)20)18(25)23-10-11-5-6-16(22-9-11)26-13-4-2-3-12(21)7-13/h2-9H,10H2,1H3,(H,23,25). The van der Waals surface area contributed by atoms with Gasteiger partial charge < -0.3 is 14.6 Å². The van der Waals surface area contributed by atoms with Gasteiger partial charge in [-0.15, -0.1) is 0 Å². The van der Waals surface area contributed by atoms with Crippen molar-refractivity contribution in [3.05, 3.63) is 75.9 Å². The van der Waals surface area contributed by atoms with Crippen LogP contribution in [0.15, 0.2) is 48.7 Å². The number of hydrogen-bond donors (Lipinski definition) is 1. The third-order valence-electron chi connectivity index (χ3n) is 3.62. The smallest absolute Gasteiger partial charge is 0.268 e. The molecule has 0 saturated carbocycles. The van der Waals surface area contributed by atoms with E-state index in [4.69, 9.17) is 27.9 Å². The summed E-state index contributed by atoms with van der Waals surface area (Å²) in [4.78, 5) is 16.4. The summed E-state index contributed by atoms with van der Waals surface area (Å²) >= 11 is 11.9. The van der Waals surface area contributed by atoms with Crippen molar-refractivity contribution in [1.29, 1.82) is 0 Å². The first-order valence-electron chi connectivity index (χ1n) is 7.61. The maximum Gasteiger partial charge on any atom is 0.268 e. The Morgan fingerprint density at radius 3 is 2.69 bits per heavy atom. The van der Waals surface area contributed by atoms with E-state index in [-0.39, 0.29) is 18.3 Å². The highest BCUT2D eigenvalue weighted by Crippen LogP contribution is 2.25. The molecule has 5 nitrogen and oxygen atoms in total. The molecule has 0 radical (unpaired) electrons. The summed E-state index contributed by atoms with van der Waals surface area (Å²) in [6.07, 6.45) is 1.57. The summed E-state index contributed by atoms with van der Waals surface area (Å²) in [5, 5.41) is 3.39. The number of carbonyl (C=O) groups is 1. The average molecular weight is 394 g/mol. The Morgan fingerprint density at radius 1 is 1.27 bits per heavy atom. The molecule has 3 aromatic rings. The molecule has 2 aromatic heterocycles. The number of ether oxygens (including phenoxy) is 1.